The van der Waals surface area contributed by atoms with E-state index in [0.717, 1.165) is 16.9 Å². The number of carbonyl (C=O) groups excluding carboxylic acids is 2. The summed E-state index contributed by atoms with van der Waals surface area (Å²) in [5.74, 6) is -0.655. The Bertz CT molecular complexity index is 1270. The van der Waals surface area contributed by atoms with Gasteiger partial charge in [0.15, 0.2) is 5.13 Å². The van der Waals surface area contributed by atoms with Crippen LogP contribution in [0.15, 0.2) is 54.7 Å². The van der Waals surface area contributed by atoms with Gasteiger partial charge in [-0.05, 0) is 38.5 Å². The maximum absolute atomic E-state index is 13.8. The third-order valence-electron chi connectivity index (χ3n) is 4.78. The first kappa shape index (κ1) is 22.8. The number of hydrogen-bond acceptors (Lipinski definition) is 8. The second-order valence-corrected chi connectivity index (χ2v) is 9.13. The highest BCUT2D eigenvalue weighted by Gasteiger charge is 2.28. The highest BCUT2D eigenvalue weighted by atomic mass is 32.1. The number of amides is 1. The molecule has 0 bridgehead atoms. The van der Waals surface area contributed by atoms with Crippen LogP contribution in [0.1, 0.15) is 43.2 Å². The first-order valence-corrected chi connectivity index (χ1v) is 12.0. The largest absolute Gasteiger partial charge is 0.462 e. The van der Waals surface area contributed by atoms with E-state index in [4.69, 9.17) is 4.74 Å². The SMILES string of the molecule is CCOC(=O)c1sc(N(Cc2ccccc2)C(=O)c2sc(-c3ccccn3)nc2C)nc1C. The normalized spacial score (nSPS) is 10.8. The quantitative estimate of drug-likeness (QED) is 0.335. The number of aryl methyl sites for hydroxylation is 2. The first-order chi connectivity index (χ1) is 16.0. The molecule has 4 aromatic rings. The Morgan fingerprint density at radius 1 is 0.939 bits per heavy atom. The van der Waals surface area contributed by atoms with Crippen LogP contribution in [0.3, 0.4) is 0 Å². The van der Waals surface area contributed by atoms with Gasteiger partial charge in [0.1, 0.15) is 14.8 Å². The molecule has 0 radical (unpaired) electrons. The maximum atomic E-state index is 13.8. The number of rotatable bonds is 7. The van der Waals surface area contributed by atoms with E-state index in [0.29, 0.717) is 43.5 Å². The molecule has 0 spiro atoms. The molecule has 9 heteroatoms. The van der Waals surface area contributed by atoms with E-state index in [-0.39, 0.29) is 12.5 Å². The average molecular weight is 479 g/mol. The Morgan fingerprint density at radius 2 is 1.67 bits per heavy atom. The molecule has 0 N–H and O–H groups in total. The summed E-state index contributed by atoms with van der Waals surface area (Å²) in [5, 5.41) is 1.12. The van der Waals surface area contributed by atoms with E-state index in [1.807, 2.05) is 55.5 Å². The van der Waals surface area contributed by atoms with Crippen molar-refractivity contribution in [2.45, 2.75) is 27.3 Å². The Hall–Kier alpha value is -3.43. The van der Waals surface area contributed by atoms with Crippen molar-refractivity contribution in [2.75, 3.05) is 11.5 Å². The van der Waals surface area contributed by atoms with Gasteiger partial charge in [0.05, 0.1) is 30.2 Å². The van der Waals surface area contributed by atoms with Crippen LogP contribution in [-0.4, -0.2) is 33.4 Å². The lowest BCUT2D eigenvalue weighted by Gasteiger charge is -2.19. The van der Waals surface area contributed by atoms with Crippen LogP contribution in [0.2, 0.25) is 0 Å². The van der Waals surface area contributed by atoms with E-state index < -0.39 is 5.97 Å². The standard InChI is InChI=1S/C24H22N4O3S2/c1-4-31-23(30)20-16(3)27-24(33-20)28(14-17-10-6-5-7-11-17)22(29)19-15(2)26-21(32-19)18-12-8-9-13-25-18/h5-13H,4,14H2,1-3H3. The minimum atomic E-state index is -0.433. The molecule has 0 fully saturated rings. The van der Waals surface area contributed by atoms with Gasteiger partial charge in [-0.2, -0.15) is 0 Å². The van der Waals surface area contributed by atoms with E-state index >= 15 is 0 Å². The molecule has 0 aliphatic rings. The zero-order valence-corrected chi connectivity index (χ0v) is 20.1. The summed E-state index contributed by atoms with van der Waals surface area (Å²) in [6, 6.07) is 15.3. The summed E-state index contributed by atoms with van der Waals surface area (Å²) in [7, 11) is 0. The van der Waals surface area contributed by atoms with Crippen LogP contribution in [0, 0.1) is 13.8 Å². The van der Waals surface area contributed by atoms with Crippen LogP contribution < -0.4 is 4.90 Å². The second-order valence-electron chi connectivity index (χ2n) is 7.16. The van der Waals surface area contributed by atoms with Gasteiger partial charge in [0, 0.05) is 6.20 Å². The van der Waals surface area contributed by atoms with Crippen LogP contribution in [0.4, 0.5) is 5.13 Å². The molecular formula is C24H22N4O3S2. The molecule has 0 atom stereocenters. The van der Waals surface area contributed by atoms with Crippen molar-refractivity contribution >= 4 is 39.7 Å². The van der Waals surface area contributed by atoms with Gasteiger partial charge in [0.25, 0.3) is 5.91 Å². The lowest BCUT2D eigenvalue weighted by Crippen LogP contribution is -2.30. The number of nitrogens with zero attached hydrogens (tertiary/aromatic N) is 4. The van der Waals surface area contributed by atoms with Crippen molar-refractivity contribution in [3.63, 3.8) is 0 Å². The molecule has 3 heterocycles. The van der Waals surface area contributed by atoms with Crippen molar-refractivity contribution in [2.24, 2.45) is 0 Å². The molecule has 7 nitrogen and oxygen atoms in total. The number of esters is 1. The highest BCUT2D eigenvalue weighted by Crippen LogP contribution is 2.33. The number of carbonyl (C=O) groups is 2. The lowest BCUT2D eigenvalue weighted by molar-refractivity contribution is 0.0531. The number of hydrogen-bond donors (Lipinski definition) is 0. The summed E-state index contributed by atoms with van der Waals surface area (Å²) >= 11 is 2.46. The number of ether oxygens (including phenoxy) is 1. The number of thiazole rings is 2. The summed E-state index contributed by atoms with van der Waals surface area (Å²) in [5.41, 5.74) is 2.83. The molecule has 33 heavy (non-hydrogen) atoms. The summed E-state index contributed by atoms with van der Waals surface area (Å²) in [6.45, 7) is 5.90. The number of benzene rings is 1. The molecule has 0 unspecified atom stereocenters. The van der Waals surface area contributed by atoms with Gasteiger partial charge >= 0.3 is 5.97 Å². The van der Waals surface area contributed by atoms with Gasteiger partial charge in [-0.3, -0.25) is 14.7 Å². The van der Waals surface area contributed by atoms with E-state index in [2.05, 4.69) is 15.0 Å². The zero-order chi connectivity index (χ0) is 23.4. The fourth-order valence-electron chi connectivity index (χ4n) is 3.19. The molecule has 4 rings (SSSR count). The van der Waals surface area contributed by atoms with Gasteiger partial charge in [-0.25, -0.2) is 14.8 Å². The minimum absolute atomic E-state index is 0.222. The summed E-state index contributed by atoms with van der Waals surface area (Å²) < 4.78 is 5.15. The molecular weight excluding hydrogens is 456 g/mol. The van der Waals surface area contributed by atoms with Crippen molar-refractivity contribution < 1.29 is 14.3 Å². The van der Waals surface area contributed by atoms with Gasteiger partial charge in [-0.15, -0.1) is 11.3 Å². The Labute approximate surface area is 199 Å². The molecule has 3 aromatic heterocycles. The van der Waals surface area contributed by atoms with Crippen molar-refractivity contribution in [3.05, 3.63) is 81.4 Å². The van der Waals surface area contributed by atoms with E-state index in [1.54, 1.807) is 24.9 Å². The predicted octanol–water partition coefficient (Wildman–Crippen LogP) is 5.30. The van der Waals surface area contributed by atoms with Gasteiger partial charge < -0.3 is 4.74 Å². The minimum Gasteiger partial charge on any atom is -0.462 e. The number of pyridine rings is 1. The van der Waals surface area contributed by atoms with Crippen molar-refractivity contribution in [1.29, 1.82) is 0 Å². The second kappa shape index (κ2) is 10.0. The van der Waals surface area contributed by atoms with Crippen molar-refractivity contribution in [3.8, 4) is 10.7 Å². The molecule has 1 amide bonds. The van der Waals surface area contributed by atoms with Crippen LogP contribution in [0.25, 0.3) is 10.7 Å². The predicted molar refractivity (Wildman–Crippen MR) is 130 cm³/mol. The Balaban J connectivity index is 1.73. The van der Waals surface area contributed by atoms with Crippen LogP contribution in [0.5, 0.6) is 0 Å². The van der Waals surface area contributed by atoms with Crippen LogP contribution in [-0.2, 0) is 11.3 Å². The topological polar surface area (TPSA) is 85.3 Å². The average Bonchev–Trinajstić information content (AvgIpc) is 3.41. The van der Waals surface area contributed by atoms with Crippen LogP contribution >= 0.6 is 22.7 Å². The monoisotopic (exact) mass is 478 g/mol. The smallest absolute Gasteiger partial charge is 0.350 e. The number of aromatic nitrogens is 3. The lowest BCUT2D eigenvalue weighted by atomic mass is 10.2. The first-order valence-electron chi connectivity index (χ1n) is 10.4. The van der Waals surface area contributed by atoms with Crippen molar-refractivity contribution in [1.82, 2.24) is 15.0 Å². The molecule has 168 valence electrons. The number of anilines is 1. The third kappa shape index (κ3) is 4.99. The molecule has 1 aromatic carbocycles. The van der Waals surface area contributed by atoms with Gasteiger partial charge in [-0.1, -0.05) is 47.7 Å². The highest BCUT2D eigenvalue weighted by molar-refractivity contribution is 7.18. The van der Waals surface area contributed by atoms with E-state index in [1.165, 1.54) is 11.3 Å². The molecule has 0 saturated carbocycles. The molecule has 0 aliphatic carbocycles. The zero-order valence-electron chi connectivity index (χ0n) is 18.4. The summed E-state index contributed by atoms with van der Waals surface area (Å²) in [4.78, 5) is 42.1. The maximum Gasteiger partial charge on any atom is 0.350 e. The van der Waals surface area contributed by atoms with Gasteiger partial charge in [0.2, 0.25) is 0 Å². The third-order valence-corrected chi connectivity index (χ3v) is 7.11. The Morgan fingerprint density at radius 3 is 2.36 bits per heavy atom. The molecule has 0 saturated heterocycles. The fourth-order valence-corrected chi connectivity index (χ4v) is 5.14. The fraction of sp³-hybridized carbons (Fsp3) is 0.208. The summed E-state index contributed by atoms with van der Waals surface area (Å²) in [6.07, 6.45) is 1.70. The molecule has 0 aliphatic heterocycles. The van der Waals surface area contributed by atoms with E-state index in [9.17, 15) is 9.59 Å². The Kier molecular flexibility index (Phi) is 6.90.